The lowest BCUT2D eigenvalue weighted by molar-refractivity contribution is 0.156. The monoisotopic (exact) mass is 355 g/mol. The lowest BCUT2D eigenvalue weighted by Gasteiger charge is -2.38. The molecule has 3 unspecified atom stereocenters. The maximum atomic E-state index is 3.77. The van der Waals surface area contributed by atoms with Crippen molar-refractivity contribution in [3.63, 3.8) is 0 Å². The molecule has 2 aliphatic carbocycles. The molecule has 0 aliphatic heterocycles. The molecule has 0 spiro atoms. The van der Waals surface area contributed by atoms with Crippen LogP contribution >= 0.6 is 27.3 Å². The molecule has 1 aromatic heterocycles. The number of rotatable bonds is 6. The van der Waals surface area contributed by atoms with Crippen LogP contribution in [0.4, 0.5) is 0 Å². The van der Waals surface area contributed by atoms with Crippen LogP contribution in [0.1, 0.15) is 44.4 Å². The molecular weight excluding hydrogens is 330 g/mol. The summed E-state index contributed by atoms with van der Waals surface area (Å²) in [5.41, 5.74) is 0.544. The van der Waals surface area contributed by atoms with E-state index in [1.807, 2.05) is 11.3 Å². The first-order valence-electron chi connectivity index (χ1n) is 8.02. The molecule has 1 nitrogen and oxygen atoms in total. The summed E-state index contributed by atoms with van der Waals surface area (Å²) in [6, 6.07) is 4.54. The molecule has 0 amide bonds. The predicted octanol–water partition coefficient (Wildman–Crippen LogP) is 5.11. The summed E-state index contributed by atoms with van der Waals surface area (Å²) >= 11 is 5.54. The molecule has 20 heavy (non-hydrogen) atoms. The van der Waals surface area contributed by atoms with Crippen LogP contribution < -0.4 is 5.32 Å². The Labute approximate surface area is 135 Å². The van der Waals surface area contributed by atoms with Crippen molar-refractivity contribution in [3.8, 4) is 0 Å². The Balaban J connectivity index is 1.70. The second kappa shape index (κ2) is 6.10. The van der Waals surface area contributed by atoms with Gasteiger partial charge in [0, 0.05) is 11.4 Å². The molecule has 0 aromatic carbocycles. The van der Waals surface area contributed by atoms with Gasteiger partial charge in [0.15, 0.2) is 0 Å². The van der Waals surface area contributed by atoms with Crippen molar-refractivity contribution >= 4 is 27.3 Å². The fraction of sp³-hybridized carbons (Fsp3) is 0.765. The Morgan fingerprint density at radius 1 is 1.40 bits per heavy atom. The van der Waals surface area contributed by atoms with E-state index in [-0.39, 0.29) is 0 Å². The minimum absolute atomic E-state index is 0.544. The van der Waals surface area contributed by atoms with Crippen molar-refractivity contribution in [2.24, 2.45) is 23.2 Å². The second-order valence-electron chi connectivity index (χ2n) is 7.35. The molecule has 0 radical (unpaired) electrons. The van der Waals surface area contributed by atoms with Crippen LogP contribution in [-0.4, -0.2) is 13.1 Å². The second-order valence-corrected chi connectivity index (χ2v) is 9.90. The SMILES string of the molecule is CC(C)CNCC1(Cc2ccc(Br)s2)CC2CCC1C2. The van der Waals surface area contributed by atoms with Gasteiger partial charge in [0.2, 0.25) is 0 Å². The molecule has 2 bridgehead atoms. The molecule has 1 heterocycles. The summed E-state index contributed by atoms with van der Waals surface area (Å²) in [7, 11) is 0. The normalized spacial score (nSPS) is 32.4. The average molecular weight is 356 g/mol. The third-order valence-electron chi connectivity index (χ3n) is 5.29. The molecule has 1 aromatic rings. The lowest BCUT2D eigenvalue weighted by atomic mass is 9.70. The molecular formula is C17H26BrNS. The van der Waals surface area contributed by atoms with Gasteiger partial charge in [-0.1, -0.05) is 20.3 Å². The first kappa shape index (κ1) is 15.1. The summed E-state index contributed by atoms with van der Waals surface area (Å²) in [5, 5.41) is 3.77. The van der Waals surface area contributed by atoms with Gasteiger partial charge in [0.1, 0.15) is 0 Å². The fourth-order valence-corrected chi connectivity index (χ4v) is 6.10. The summed E-state index contributed by atoms with van der Waals surface area (Å²) in [4.78, 5) is 1.57. The largest absolute Gasteiger partial charge is 0.316 e. The van der Waals surface area contributed by atoms with E-state index >= 15 is 0 Å². The van der Waals surface area contributed by atoms with E-state index in [0.29, 0.717) is 5.41 Å². The van der Waals surface area contributed by atoms with E-state index < -0.39 is 0 Å². The van der Waals surface area contributed by atoms with Crippen LogP contribution in [0, 0.1) is 23.2 Å². The molecule has 2 saturated carbocycles. The summed E-state index contributed by atoms with van der Waals surface area (Å²) < 4.78 is 1.28. The highest BCUT2D eigenvalue weighted by atomic mass is 79.9. The van der Waals surface area contributed by atoms with Gasteiger partial charge >= 0.3 is 0 Å². The number of fused-ring (bicyclic) bond motifs is 2. The van der Waals surface area contributed by atoms with Crippen molar-refractivity contribution in [2.75, 3.05) is 13.1 Å². The Morgan fingerprint density at radius 3 is 2.80 bits per heavy atom. The first-order valence-corrected chi connectivity index (χ1v) is 9.63. The summed E-state index contributed by atoms with van der Waals surface area (Å²) in [6.07, 6.45) is 7.20. The van der Waals surface area contributed by atoms with E-state index in [0.717, 1.165) is 24.3 Å². The fourth-order valence-electron chi connectivity index (χ4n) is 4.46. The highest BCUT2D eigenvalue weighted by Gasteiger charge is 2.50. The Bertz CT molecular complexity index is 456. The molecule has 112 valence electrons. The number of halogens is 1. The lowest BCUT2D eigenvalue weighted by Crippen LogP contribution is -2.41. The van der Waals surface area contributed by atoms with Gasteiger partial charge in [0.05, 0.1) is 3.79 Å². The van der Waals surface area contributed by atoms with E-state index in [1.165, 1.54) is 42.4 Å². The standard InChI is InChI=1S/C17H26BrNS/c1-12(2)10-19-11-17(8-13-3-4-14(17)7-13)9-15-5-6-16(18)20-15/h5-6,12-14,19H,3-4,7-11H2,1-2H3. The van der Waals surface area contributed by atoms with Gasteiger partial charge in [-0.05, 0) is 83.5 Å². The topological polar surface area (TPSA) is 12.0 Å². The van der Waals surface area contributed by atoms with E-state index in [2.05, 4.69) is 47.2 Å². The minimum atomic E-state index is 0.544. The Morgan fingerprint density at radius 2 is 2.25 bits per heavy atom. The number of thiophene rings is 1. The highest BCUT2D eigenvalue weighted by molar-refractivity contribution is 9.11. The zero-order chi connectivity index (χ0) is 14.2. The molecule has 0 saturated heterocycles. The van der Waals surface area contributed by atoms with Gasteiger partial charge in [-0.15, -0.1) is 11.3 Å². The number of nitrogens with one attached hydrogen (secondary N) is 1. The summed E-state index contributed by atoms with van der Waals surface area (Å²) in [6.45, 7) is 6.99. The van der Waals surface area contributed by atoms with Crippen molar-refractivity contribution in [3.05, 3.63) is 20.8 Å². The number of hydrogen-bond donors (Lipinski definition) is 1. The first-order chi connectivity index (χ1) is 9.57. The molecule has 1 N–H and O–H groups in total. The van der Waals surface area contributed by atoms with Crippen LogP contribution in [0.25, 0.3) is 0 Å². The number of hydrogen-bond acceptors (Lipinski definition) is 2. The van der Waals surface area contributed by atoms with Crippen LogP contribution in [0.15, 0.2) is 15.9 Å². The third kappa shape index (κ3) is 3.15. The van der Waals surface area contributed by atoms with Crippen molar-refractivity contribution < 1.29 is 0 Å². The van der Waals surface area contributed by atoms with E-state index in [9.17, 15) is 0 Å². The average Bonchev–Trinajstić information content (AvgIpc) is 3.05. The van der Waals surface area contributed by atoms with Crippen LogP contribution in [0.3, 0.4) is 0 Å². The van der Waals surface area contributed by atoms with Crippen molar-refractivity contribution in [1.29, 1.82) is 0 Å². The molecule has 3 heteroatoms. The Kier molecular flexibility index (Phi) is 4.59. The maximum absolute atomic E-state index is 3.77. The smallest absolute Gasteiger partial charge is 0.0701 e. The van der Waals surface area contributed by atoms with Gasteiger partial charge in [-0.25, -0.2) is 0 Å². The predicted molar refractivity (Wildman–Crippen MR) is 91.3 cm³/mol. The quantitative estimate of drug-likeness (QED) is 0.747. The highest BCUT2D eigenvalue weighted by Crippen LogP contribution is 2.57. The minimum Gasteiger partial charge on any atom is -0.316 e. The van der Waals surface area contributed by atoms with Gasteiger partial charge in [0.25, 0.3) is 0 Å². The van der Waals surface area contributed by atoms with Crippen LogP contribution in [0.5, 0.6) is 0 Å². The van der Waals surface area contributed by atoms with Gasteiger partial charge in [-0.2, -0.15) is 0 Å². The summed E-state index contributed by atoms with van der Waals surface area (Å²) in [5.74, 6) is 2.74. The van der Waals surface area contributed by atoms with Crippen molar-refractivity contribution in [1.82, 2.24) is 5.32 Å². The van der Waals surface area contributed by atoms with Crippen LogP contribution in [-0.2, 0) is 6.42 Å². The third-order valence-corrected chi connectivity index (χ3v) is 6.91. The van der Waals surface area contributed by atoms with E-state index in [4.69, 9.17) is 0 Å². The van der Waals surface area contributed by atoms with Crippen LogP contribution in [0.2, 0.25) is 0 Å². The molecule has 2 aliphatic rings. The molecule has 2 fully saturated rings. The van der Waals surface area contributed by atoms with Crippen molar-refractivity contribution in [2.45, 2.75) is 46.0 Å². The Hall–Kier alpha value is 0.140. The molecule has 3 atom stereocenters. The van der Waals surface area contributed by atoms with Gasteiger partial charge in [-0.3, -0.25) is 0 Å². The zero-order valence-electron chi connectivity index (χ0n) is 12.6. The maximum Gasteiger partial charge on any atom is 0.0701 e. The zero-order valence-corrected chi connectivity index (χ0v) is 15.0. The van der Waals surface area contributed by atoms with Gasteiger partial charge < -0.3 is 5.32 Å². The molecule has 3 rings (SSSR count). The van der Waals surface area contributed by atoms with E-state index in [1.54, 1.807) is 4.88 Å².